The van der Waals surface area contributed by atoms with Gasteiger partial charge in [-0.25, -0.2) is 0 Å². The van der Waals surface area contributed by atoms with Crippen molar-refractivity contribution >= 4 is 11.6 Å². The average Bonchev–Trinajstić information content (AvgIpc) is 2.54. The number of aryl methyl sites for hydroxylation is 1. The molecule has 1 atom stereocenters. The Bertz CT molecular complexity index is 601. The Morgan fingerprint density at radius 2 is 1.71 bits per heavy atom. The Balaban J connectivity index is 2.19. The lowest BCUT2D eigenvalue weighted by molar-refractivity contribution is 0.102. The number of hydrogen-bond acceptors (Lipinski definition) is 1. The van der Waals surface area contributed by atoms with E-state index >= 15 is 0 Å². The van der Waals surface area contributed by atoms with Crippen molar-refractivity contribution in [2.45, 2.75) is 39.5 Å². The van der Waals surface area contributed by atoms with Gasteiger partial charge >= 0.3 is 0 Å². The van der Waals surface area contributed by atoms with Crippen LogP contribution in [0.5, 0.6) is 0 Å². The summed E-state index contributed by atoms with van der Waals surface area (Å²) < 4.78 is 0. The van der Waals surface area contributed by atoms with Gasteiger partial charge < -0.3 is 5.32 Å². The van der Waals surface area contributed by atoms with Gasteiger partial charge in [0.25, 0.3) is 5.91 Å². The van der Waals surface area contributed by atoms with Crippen LogP contribution in [0.2, 0.25) is 0 Å². The van der Waals surface area contributed by atoms with Crippen LogP contribution in [0, 0.1) is 0 Å². The van der Waals surface area contributed by atoms with Crippen LogP contribution in [0.25, 0.3) is 0 Å². The van der Waals surface area contributed by atoms with Crippen molar-refractivity contribution in [2.24, 2.45) is 0 Å². The lowest BCUT2D eigenvalue weighted by Gasteiger charge is -2.15. The van der Waals surface area contributed by atoms with Gasteiger partial charge in [-0.15, -0.1) is 0 Å². The second kappa shape index (κ2) is 7.07. The molecule has 1 N–H and O–H groups in total. The third kappa shape index (κ3) is 3.72. The summed E-state index contributed by atoms with van der Waals surface area (Å²) in [5.74, 6) is 0.386. The summed E-state index contributed by atoms with van der Waals surface area (Å²) in [6.45, 7) is 6.45. The van der Waals surface area contributed by atoms with Crippen molar-refractivity contribution in [3.05, 3.63) is 65.2 Å². The highest BCUT2D eigenvalue weighted by molar-refractivity contribution is 6.04. The predicted octanol–water partition coefficient (Wildman–Crippen LogP) is 5.01. The minimum atomic E-state index is -0.0478. The number of nitrogens with one attached hydrogen (secondary N) is 1. The molecule has 1 unspecified atom stereocenters. The molecule has 0 bridgehead atoms. The fraction of sp³-hybridized carbons (Fsp3) is 0.316. The highest BCUT2D eigenvalue weighted by Gasteiger charge is 2.12. The molecule has 110 valence electrons. The Hall–Kier alpha value is -2.09. The Kier molecular flexibility index (Phi) is 5.15. The molecule has 0 radical (unpaired) electrons. The molecule has 0 aromatic heterocycles. The number of benzene rings is 2. The fourth-order valence-electron chi connectivity index (χ4n) is 2.35. The van der Waals surface area contributed by atoms with Gasteiger partial charge in [0.2, 0.25) is 0 Å². The van der Waals surface area contributed by atoms with Crippen LogP contribution in [-0.4, -0.2) is 5.91 Å². The van der Waals surface area contributed by atoms with Gasteiger partial charge in [-0.2, -0.15) is 0 Å². The third-order valence-electron chi connectivity index (χ3n) is 3.98. The summed E-state index contributed by atoms with van der Waals surface area (Å²) in [7, 11) is 0. The quantitative estimate of drug-likeness (QED) is 0.819. The van der Waals surface area contributed by atoms with E-state index in [1.807, 2.05) is 42.5 Å². The number of carbonyl (C=O) groups excluding carboxylic acids is 1. The van der Waals surface area contributed by atoms with E-state index in [1.165, 1.54) is 11.1 Å². The zero-order valence-electron chi connectivity index (χ0n) is 13.0. The number of amides is 1. The second-order valence-corrected chi connectivity index (χ2v) is 5.40. The Morgan fingerprint density at radius 3 is 2.33 bits per heavy atom. The lowest BCUT2D eigenvalue weighted by Crippen LogP contribution is -2.13. The first-order valence-corrected chi connectivity index (χ1v) is 7.64. The van der Waals surface area contributed by atoms with E-state index in [4.69, 9.17) is 0 Å². The van der Waals surface area contributed by atoms with Gasteiger partial charge in [0.15, 0.2) is 0 Å². The van der Waals surface area contributed by atoms with Crippen LogP contribution in [0.1, 0.15) is 54.6 Å². The molecule has 0 saturated carbocycles. The van der Waals surface area contributed by atoms with Gasteiger partial charge in [-0.05, 0) is 48.1 Å². The maximum absolute atomic E-state index is 12.4. The summed E-state index contributed by atoms with van der Waals surface area (Å²) in [5.41, 5.74) is 4.05. The van der Waals surface area contributed by atoms with Crippen molar-refractivity contribution < 1.29 is 4.79 Å². The van der Waals surface area contributed by atoms with Crippen LogP contribution in [-0.2, 0) is 6.42 Å². The van der Waals surface area contributed by atoms with E-state index in [0.29, 0.717) is 11.5 Å². The number of hydrogen-bond donors (Lipinski definition) is 1. The molecule has 0 heterocycles. The van der Waals surface area contributed by atoms with Crippen LogP contribution in [0.4, 0.5) is 5.69 Å². The maximum atomic E-state index is 12.4. The molecule has 0 spiro atoms. The van der Waals surface area contributed by atoms with Crippen molar-refractivity contribution in [1.82, 2.24) is 0 Å². The van der Waals surface area contributed by atoms with Crippen molar-refractivity contribution in [2.75, 3.05) is 5.32 Å². The standard InChI is InChI=1S/C19H23NO/c1-4-14(3)17-8-6-7-9-18(17)20-19(21)16-12-10-15(5-2)11-13-16/h6-14H,4-5H2,1-3H3,(H,20,21). The van der Waals surface area contributed by atoms with Crippen LogP contribution in [0.3, 0.4) is 0 Å². The summed E-state index contributed by atoms with van der Waals surface area (Å²) in [4.78, 5) is 12.4. The van der Waals surface area contributed by atoms with Crippen LogP contribution in [0.15, 0.2) is 48.5 Å². The molecule has 0 aliphatic carbocycles. The highest BCUT2D eigenvalue weighted by Crippen LogP contribution is 2.26. The molecule has 2 heteroatoms. The smallest absolute Gasteiger partial charge is 0.255 e. The first kappa shape index (κ1) is 15.3. The van der Waals surface area contributed by atoms with E-state index in [-0.39, 0.29) is 5.91 Å². The molecular formula is C19H23NO. The topological polar surface area (TPSA) is 29.1 Å². The summed E-state index contributed by atoms with van der Waals surface area (Å²) in [6.07, 6.45) is 2.04. The number of carbonyl (C=O) groups is 1. The van der Waals surface area contributed by atoms with E-state index in [2.05, 4.69) is 32.2 Å². The van der Waals surface area contributed by atoms with Crippen LogP contribution < -0.4 is 5.32 Å². The second-order valence-electron chi connectivity index (χ2n) is 5.40. The minimum absolute atomic E-state index is 0.0478. The van der Waals surface area contributed by atoms with Gasteiger partial charge in [0.05, 0.1) is 0 Å². The van der Waals surface area contributed by atoms with Crippen LogP contribution >= 0.6 is 0 Å². The van der Waals surface area contributed by atoms with Gasteiger partial charge in [0.1, 0.15) is 0 Å². The van der Waals surface area contributed by atoms with E-state index in [1.54, 1.807) is 0 Å². The Labute approximate surface area is 127 Å². The average molecular weight is 281 g/mol. The fourth-order valence-corrected chi connectivity index (χ4v) is 2.35. The number of para-hydroxylation sites is 1. The largest absolute Gasteiger partial charge is 0.322 e. The number of rotatable bonds is 5. The molecule has 1 amide bonds. The Morgan fingerprint density at radius 1 is 1.05 bits per heavy atom. The molecule has 2 aromatic rings. The van der Waals surface area contributed by atoms with E-state index in [9.17, 15) is 4.79 Å². The zero-order valence-corrected chi connectivity index (χ0v) is 13.0. The monoisotopic (exact) mass is 281 g/mol. The maximum Gasteiger partial charge on any atom is 0.255 e. The van der Waals surface area contributed by atoms with Gasteiger partial charge in [-0.1, -0.05) is 51.1 Å². The molecule has 2 aromatic carbocycles. The summed E-state index contributed by atoms with van der Waals surface area (Å²) >= 11 is 0. The molecule has 21 heavy (non-hydrogen) atoms. The summed E-state index contributed by atoms with van der Waals surface area (Å²) in [6, 6.07) is 15.8. The zero-order chi connectivity index (χ0) is 15.2. The molecule has 2 nitrogen and oxygen atoms in total. The van der Waals surface area contributed by atoms with Gasteiger partial charge in [-0.3, -0.25) is 4.79 Å². The van der Waals surface area contributed by atoms with Gasteiger partial charge in [0, 0.05) is 11.3 Å². The lowest BCUT2D eigenvalue weighted by atomic mass is 9.96. The molecule has 0 fully saturated rings. The first-order valence-electron chi connectivity index (χ1n) is 7.64. The summed E-state index contributed by atoms with van der Waals surface area (Å²) in [5, 5.41) is 3.04. The SMILES string of the molecule is CCc1ccc(C(=O)Nc2ccccc2C(C)CC)cc1. The first-order chi connectivity index (χ1) is 10.2. The normalized spacial score (nSPS) is 12.0. The molecule has 2 rings (SSSR count). The highest BCUT2D eigenvalue weighted by atomic mass is 16.1. The van der Waals surface area contributed by atoms with Crippen molar-refractivity contribution in [3.8, 4) is 0 Å². The molecule has 0 saturated heterocycles. The predicted molar refractivity (Wildman–Crippen MR) is 88.9 cm³/mol. The minimum Gasteiger partial charge on any atom is -0.322 e. The van der Waals surface area contributed by atoms with Crippen molar-refractivity contribution in [1.29, 1.82) is 0 Å². The molecule has 0 aliphatic heterocycles. The number of anilines is 1. The van der Waals surface area contributed by atoms with Crippen molar-refractivity contribution in [3.63, 3.8) is 0 Å². The van der Waals surface area contributed by atoms with E-state index < -0.39 is 0 Å². The third-order valence-corrected chi connectivity index (χ3v) is 3.98. The van der Waals surface area contributed by atoms with E-state index in [0.717, 1.165) is 18.5 Å². The molecular weight excluding hydrogens is 258 g/mol. The molecule has 0 aliphatic rings.